The van der Waals surface area contributed by atoms with Crippen molar-refractivity contribution < 1.29 is 4.74 Å². The van der Waals surface area contributed by atoms with E-state index in [0.29, 0.717) is 5.11 Å². The Labute approximate surface area is 218 Å². The zero-order chi connectivity index (χ0) is 25.4. The minimum absolute atomic E-state index is 0.0993. The lowest BCUT2D eigenvalue weighted by molar-refractivity contribution is 0.414. The van der Waals surface area contributed by atoms with Crippen molar-refractivity contribution in [1.82, 2.24) is 14.9 Å². The van der Waals surface area contributed by atoms with Gasteiger partial charge in [-0.2, -0.15) is 0 Å². The number of nitrogens with zero attached hydrogens (tertiary/aromatic N) is 3. The molecule has 0 aliphatic carbocycles. The zero-order valence-electron chi connectivity index (χ0n) is 21.4. The Morgan fingerprint density at radius 1 is 1.00 bits per heavy atom. The second-order valence-corrected chi connectivity index (χ2v) is 9.65. The van der Waals surface area contributed by atoms with Gasteiger partial charge < -0.3 is 19.5 Å². The summed E-state index contributed by atoms with van der Waals surface area (Å²) in [5, 5.41) is 4.24. The van der Waals surface area contributed by atoms with Crippen LogP contribution in [0.1, 0.15) is 52.8 Å². The molecular weight excluding hydrogens is 464 g/mol. The van der Waals surface area contributed by atoms with Gasteiger partial charge >= 0.3 is 0 Å². The molecule has 2 atom stereocenters. The van der Waals surface area contributed by atoms with Gasteiger partial charge in [0.25, 0.3) is 0 Å². The lowest BCUT2D eigenvalue weighted by atomic mass is 9.96. The fourth-order valence-corrected chi connectivity index (χ4v) is 5.85. The molecule has 36 heavy (non-hydrogen) atoms. The van der Waals surface area contributed by atoms with Crippen LogP contribution in [0.5, 0.6) is 5.75 Å². The van der Waals surface area contributed by atoms with Crippen molar-refractivity contribution >= 4 is 23.0 Å². The van der Waals surface area contributed by atoms with Gasteiger partial charge in [-0.3, -0.25) is 4.98 Å². The minimum atomic E-state index is -0.111. The maximum absolute atomic E-state index is 5.95. The number of methoxy groups -OCH3 is 1. The molecule has 0 saturated carbocycles. The molecule has 5 nitrogen and oxygen atoms in total. The first-order chi connectivity index (χ1) is 17.5. The van der Waals surface area contributed by atoms with Gasteiger partial charge in [0.05, 0.1) is 36.3 Å². The Morgan fingerprint density at radius 2 is 1.78 bits per heavy atom. The standard InChI is InChI=1S/C30H32N4OS/c1-6-22-13-11-12-19(2)28(22)33-20(3)18-23(21(33)4)29-27(24-14-9-10-17-31-24)32-30(36)34(29)25-15-7-8-16-26(25)35-5/h7-18,27,29H,6H2,1-5H3,(H,32,36)/t27-,29+/m1/s1. The first kappa shape index (κ1) is 24.1. The summed E-state index contributed by atoms with van der Waals surface area (Å²) in [5.74, 6) is 0.786. The summed E-state index contributed by atoms with van der Waals surface area (Å²) < 4.78 is 8.16. The van der Waals surface area contributed by atoms with Gasteiger partial charge in [-0.1, -0.05) is 43.3 Å². The number of hydrogen-bond acceptors (Lipinski definition) is 3. The molecule has 0 amide bonds. The highest BCUT2D eigenvalue weighted by Gasteiger charge is 2.43. The second kappa shape index (κ2) is 9.78. The summed E-state index contributed by atoms with van der Waals surface area (Å²) in [5.41, 5.74) is 9.39. The maximum Gasteiger partial charge on any atom is 0.174 e. The van der Waals surface area contributed by atoms with E-state index in [1.165, 1.54) is 33.8 Å². The summed E-state index contributed by atoms with van der Waals surface area (Å²) in [6.45, 7) is 8.81. The summed E-state index contributed by atoms with van der Waals surface area (Å²) >= 11 is 5.95. The molecule has 1 aliphatic rings. The molecule has 1 N–H and O–H groups in total. The zero-order valence-corrected chi connectivity index (χ0v) is 22.3. The minimum Gasteiger partial charge on any atom is -0.495 e. The SMILES string of the molecule is CCc1cccc(C)c1-n1c(C)cc([C@H]2[C@@H](c3ccccn3)NC(=S)N2c2ccccc2OC)c1C. The van der Waals surface area contributed by atoms with E-state index >= 15 is 0 Å². The number of benzene rings is 2. The fourth-order valence-electron chi connectivity index (χ4n) is 5.52. The van der Waals surface area contributed by atoms with Gasteiger partial charge in [0, 0.05) is 17.6 Å². The van der Waals surface area contributed by atoms with Crippen molar-refractivity contribution in [3.05, 3.63) is 107 Å². The summed E-state index contributed by atoms with van der Waals surface area (Å²) in [4.78, 5) is 6.91. The van der Waals surface area contributed by atoms with Gasteiger partial charge in [-0.05, 0) is 86.4 Å². The largest absolute Gasteiger partial charge is 0.495 e. The van der Waals surface area contributed by atoms with Crippen LogP contribution in [0.15, 0.2) is 72.9 Å². The molecule has 0 unspecified atom stereocenters. The van der Waals surface area contributed by atoms with E-state index in [0.717, 1.165) is 23.6 Å². The van der Waals surface area contributed by atoms with Gasteiger partial charge in [0.2, 0.25) is 0 Å². The molecule has 6 heteroatoms. The van der Waals surface area contributed by atoms with Crippen molar-refractivity contribution in [2.45, 2.75) is 46.2 Å². The first-order valence-corrected chi connectivity index (χ1v) is 12.8. The van der Waals surface area contributed by atoms with Gasteiger partial charge in [0.15, 0.2) is 5.11 Å². The van der Waals surface area contributed by atoms with Crippen LogP contribution in [-0.4, -0.2) is 21.8 Å². The maximum atomic E-state index is 5.95. The smallest absolute Gasteiger partial charge is 0.174 e. The number of hydrogen-bond donors (Lipinski definition) is 1. The summed E-state index contributed by atoms with van der Waals surface area (Å²) in [7, 11) is 1.70. The van der Waals surface area contributed by atoms with Crippen molar-refractivity contribution in [2.75, 3.05) is 12.0 Å². The topological polar surface area (TPSA) is 42.3 Å². The van der Waals surface area contributed by atoms with E-state index < -0.39 is 0 Å². The third-order valence-corrected chi connectivity index (χ3v) is 7.47. The van der Waals surface area contributed by atoms with E-state index in [-0.39, 0.29) is 12.1 Å². The number of ether oxygens (including phenoxy) is 1. The van der Waals surface area contributed by atoms with Crippen LogP contribution < -0.4 is 15.0 Å². The number of nitrogens with one attached hydrogen (secondary N) is 1. The van der Waals surface area contributed by atoms with Gasteiger partial charge in [-0.15, -0.1) is 0 Å². The highest BCUT2D eigenvalue weighted by molar-refractivity contribution is 7.80. The van der Waals surface area contributed by atoms with E-state index in [2.05, 4.69) is 78.9 Å². The van der Waals surface area contributed by atoms with Crippen LogP contribution in [0.2, 0.25) is 0 Å². The molecule has 184 valence electrons. The highest BCUT2D eigenvalue weighted by atomic mass is 32.1. The Morgan fingerprint density at radius 3 is 2.50 bits per heavy atom. The predicted octanol–water partition coefficient (Wildman–Crippen LogP) is 6.55. The molecule has 0 radical (unpaired) electrons. The molecule has 4 aromatic rings. The van der Waals surface area contributed by atoms with Crippen molar-refractivity contribution in [3.8, 4) is 11.4 Å². The molecule has 1 saturated heterocycles. The molecule has 2 aromatic carbocycles. The normalized spacial score (nSPS) is 17.4. The lowest BCUT2D eigenvalue weighted by Gasteiger charge is -2.29. The van der Waals surface area contributed by atoms with Crippen LogP contribution in [0.4, 0.5) is 5.69 Å². The molecule has 3 heterocycles. The van der Waals surface area contributed by atoms with Crippen molar-refractivity contribution in [1.29, 1.82) is 0 Å². The van der Waals surface area contributed by atoms with Crippen LogP contribution in [-0.2, 0) is 6.42 Å². The quantitative estimate of drug-likeness (QED) is 0.307. The monoisotopic (exact) mass is 496 g/mol. The lowest BCUT2D eigenvalue weighted by Crippen LogP contribution is -2.30. The number of pyridine rings is 1. The van der Waals surface area contributed by atoms with E-state index in [1.807, 2.05) is 36.5 Å². The van der Waals surface area contributed by atoms with Crippen molar-refractivity contribution in [2.24, 2.45) is 0 Å². The molecular formula is C30H32N4OS. The first-order valence-electron chi connectivity index (χ1n) is 12.4. The van der Waals surface area contributed by atoms with E-state index in [9.17, 15) is 0 Å². The number of para-hydroxylation sites is 3. The second-order valence-electron chi connectivity index (χ2n) is 9.27. The summed E-state index contributed by atoms with van der Waals surface area (Å²) in [6, 6.07) is 22.7. The Kier molecular flexibility index (Phi) is 6.54. The molecule has 0 spiro atoms. The number of aromatic nitrogens is 2. The average molecular weight is 497 g/mol. The van der Waals surface area contributed by atoms with Crippen LogP contribution in [0, 0.1) is 20.8 Å². The predicted molar refractivity (Wildman–Crippen MR) is 150 cm³/mol. The Balaban J connectivity index is 1.73. The summed E-state index contributed by atoms with van der Waals surface area (Å²) in [6.07, 6.45) is 2.81. The molecule has 5 rings (SSSR count). The molecule has 1 fully saturated rings. The Bertz CT molecular complexity index is 1410. The van der Waals surface area contributed by atoms with E-state index in [4.69, 9.17) is 21.9 Å². The van der Waals surface area contributed by atoms with Crippen molar-refractivity contribution in [3.63, 3.8) is 0 Å². The number of anilines is 1. The van der Waals surface area contributed by atoms with Crippen LogP contribution in [0.3, 0.4) is 0 Å². The number of aryl methyl sites for hydroxylation is 3. The molecule has 2 aromatic heterocycles. The Hall–Kier alpha value is -3.64. The van der Waals surface area contributed by atoms with E-state index in [1.54, 1.807) is 7.11 Å². The van der Waals surface area contributed by atoms with Gasteiger partial charge in [0.1, 0.15) is 5.75 Å². The van der Waals surface area contributed by atoms with Gasteiger partial charge in [-0.25, -0.2) is 0 Å². The van der Waals surface area contributed by atoms with Crippen LogP contribution in [0.25, 0.3) is 5.69 Å². The fraction of sp³-hybridized carbons (Fsp3) is 0.267. The highest BCUT2D eigenvalue weighted by Crippen LogP contribution is 2.46. The third-order valence-electron chi connectivity index (χ3n) is 7.16. The van der Waals surface area contributed by atoms with Crippen LogP contribution >= 0.6 is 12.2 Å². The number of rotatable bonds is 6. The molecule has 1 aliphatic heterocycles. The molecule has 0 bridgehead atoms. The number of thiocarbonyl (C=S) groups is 1. The average Bonchev–Trinajstić information content (AvgIpc) is 3.39. The third kappa shape index (κ3) is 3.95.